The highest BCUT2D eigenvalue weighted by atomic mass is 15.1. The summed E-state index contributed by atoms with van der Waals surface area (Å²) in [7, 11) is 0. The Bertz CT molecular complexity index is 4370. The molecule has 0 amide bonds. The minimum absolute atomic E-state index is 0.0495. The normalized spacial score (nSPS) is 13.2. The Labute approximate surface area is 410 Å². The van der Waals surface area contributed by atoms with E-state index in [1.54, 1.807) is 0 Å². The zero-order valence-corrected chi connectivity index (χ0v) is 38.7. The highest BCUT2D eigenvalue weighted by Gasteiger charge is 2.34. The molecule has 4 nitrogen and oxygen atoms in total. The fourth-order valence-corrected chi connectivity index (χ4v) is 12.2. The van der Waals surface area contributed by atoms with Crippen molar-refractivity contribution in [3.05, 3.63) is 278 Å². The first-order valence-electron chi connectivity index (χ1n) is 24.6. The molecule has 0 fully saturated rings. The molecule has 15 rings (SSSR count). The van der Waals surface area contributed by atoms with E-state index < -0.39 is 0 Å². The van der Waals surface area contributed by atoms with E-state index in [0.29, 0.717) is 0 Å². The molecule has 11 aromatic carbocycles. The molecule has 0 saturated carbocycles. The van der Waals surface area contributed by atoms with Gasteiger partial charge in [0.05, 0.1) is 33.1 Å². The maximum Gasteiger partial charge on any atom is 0.0788 e. The number of aromatic nitrogens is 3. The summed E-state index contributed by atoms with van der Waals surface area (Å²) in [6.45, 7) is 0. The van der Waals surface area contributed by atoms with Crippen molar-refractivity contribution in [1.29, 1.82) is 0 Å². The molecular formula is C67H44N4. The van der Waals surface area contributed by atoms with Crippen LogP contribution in [0.25, 0.3) is 93.6 Å². The lowest BCUT2D eigenvalue weighted by Gasteiger charge is -2.26. The Hall–Kier alpha value is -9.38. The van der Waals surface area contributed by atoms with Crippen LogP contribution in [-0.4, -0.2) is 13.7 Å². The van der Waals surface area contributed by atoms with Crippen LogP contribution in [0.1, 0.15) is 22.6 Å². The molecule has 0 bridgehead atoms. The molecule has 0 N–H and O–H groups in total. The van der Waals surface area contributed by atoms with E-state index in [1.807, 2.05) is 0 Å². The zero-order chi connectivity index (χ0) is 46.6. The predicted molar refractivity (Wildman–Crippen MR) is 297 cm³/mol. The van der Waals surface area contributed by atoms with Crippen molar-refractivity contribution in [2.24, 2.45) is 0 Å². The zero-order valence-electron chi connectivity index (χ0n) is 38.7. The van der Waals surface area contributed by atoms with Gasteiger partial charge in [0, 0.05) is 72.4 Å². The van der Waals surface area contributed by atoms with Crippen molar-refractivity contribution < 1.29 is 0 Å². The quantitative estimate of drug-likeness (QED) is 0.156. The summed E-state index contributed by atoms with van der Waals surface area (Å²) in [5, 5.41) is 7.50. The number of hydrogen-bond donors (Lipinski definition) is 0. The predicted octanol–water partition coefficient (Wildman–Crippen LogP) is 17.6. The van der Waals surface area contributed by atoms with Crippen LogP contribution < -0.4 is 4.90 Å². The Balaban J connectivity index is 0.883. The number of hydrogen-bond acceptors (Lipinski definition) is 1. The summed E-state index contributed by atoms with van der Waals surface area (Å²) in [4.78, 5) is 2.38. The second-order valence-electron chi connectivity index (χ2n) is 18.8. The van der Waals surface area contributed by atoms with Gasteiger partial charge in [-0.25, -0.2) is 0 Å². The Kier molecular flexibility index (Phi) is 8.69. The van der Waals surface area contributed by atoms with Crippen LogP contribution >= 0.6 is 0 Å². The van der Waals surface area contributed by atoms with E-state index in [0.717, 1.165) is 28.4 Å². The Morgan fingerprint density at radius 1 is 0.268 bits per heavy atom. The van der Waals surface area contributed by atoms with Crippen LogP contribution in [0, 0.1) is 0 Å². The molecule has 1 aliphatic rings. The first-order valence-corrected chi connectivity index (χ1v) is 24.6. The standard InChI is InChI=1S/C67H44N4/c1-4-18-45(19-5-1)68(48-34-32-44(33-35-48)63-55-28-11-10-24-51(55)56-40-41-57-52-25-12-15-29-60(52)69(65(57)64(56)63)46-20-6-2-7-21-46)49-36-38-50(39-37-49)71-62-31-17-14-27-54(62)59-43-42-58-53-26-13-16-30-61(53)70(66(58)67(59)71)47-22-8-3-9-23-47/h1-43,63H. The number of benzene rings is 11. The molecule has 14 aromatic rings. The molecule has 3 aromatic heterocycles. The van der Waals surface area contributed by atoms with Crippen molar-refractivity contribution >= 4 is 82.5 Å². The van der Waals surface area contributed by atoms with Gasteiger partial charge in [0.15, 0.2) is 0 Å². The van der Waals surface area contributed by atoms with Crippen LogP contribution in [0.3, 0.4) is 0 Å². The van der Waals surface area contributed by atoms with E-state index >= 15 is 0 Å². The van der Waals surface area contributed by atoms with Gasteiger partial charge in [-0.2, -0.15) is 0 Å². The lowest BCUT2D eigenvalue weighted by atomic mass is 9.88. The number of anilines is 3. The van der Waals surface area contributed by atoms with E-state index in [-0.39, 0.29) is 5.92 Å². The van der Waals surface area contributed by atoms with Gasteiger partial charge in [-0.15, -0.1) is 0 Å². The summed E-state index contributed by atoms with van der Waals surface area (Å²) in [5.74, 6) is 0.0495. The third kappa shape index (κ3) is 5.86. The molecule has 4 heteroatoms. The highest BCUT2D eigenvalue weighted by Crippen LogP contribution is 2.53. The fourth-order valence-electron chi connectivity index (χ4n) is 12.2. The Morgan fingerprint density at radius 2 is 0.662 bits per heavy atom. The fraction of sp³-hybridized carbons (Fsp3) is 0.0149. The molecule has 0 radical (unpaired) electrons. The topological polar surface area (TPSA) is 18.0 Å². The highest BCUT2D eigenvalue weighted by molar-refractivity contribution is 6.24. The van der Waals surface area contributed by atoms with Crippen molar-refractivity contribution in [2.45, 2.75) is 5.92 Å². The number of para-hydroxylation sites is 6. The van der Waals surface area contributed by atoms with Crippen molar-refractivity contribution in [1.82, 2.24) is 13.7 Å². The van der Waals surface area contributed by atoms with Gasteiger partial charge in [0.1, 0.15) is 0 Å². The third-order valence-corrected chi connectivity index (χ3v) is 15.1. The lowest BCUT2D eigenvalue weighted by Crippen LogP contribution is -2.10. The van der Waals surface area contributed by atoms with Crippen LogP contribution in [0.4, 0.5) is 17.1 Å². The second kappa shape index (κ2) is 15.6. The number of rotatable bonds is 7. The molecule has 0 spiro atoms. The SMILES string of the molecule is c1ccc(N(c2ccc(C3c4ccccc4-c4ccc5c6ccccc6n(-c6ccccc6)c5c43)cc2)c2ccc(-n3c4ccccc4c4ccc5c6ccccc6n(-c6ccccc6)c5c43)cc2)cc1. The second-order valence-corrected chi connectivity index (χ2v) is 18.8. The molecule has 332 valence electrons. The van der Waals surface area contributed by atoms with Gasteiger partial charge in [0.2, 0.25) is 0 Å². The summed E-state index contributed by atoms with van der Waals surface area (Å²) < 4.78 is 7.41. The average molecular weight is 905 g/mol. The largest absolute Gasteiger partial charge is 0.311 e. The molecule has 1 unspecified atom stereocenters. The lowest BCUT2D eigenvalue weighted by molar-refractivity contribution is 1.01. The summed E-state index contributed by atoms with van der Waals surface area (Å²) in [6.07, 6.45) is 0. The monoisotopic (exact) mass is 904 g/mol. The van der Waals surface area contributed by atoms with Gasteiger partial charge in [-0.05, 0) is 119 Å². The molecule has 71 heavy (non-hydrogen) atoms. The van der Waals surface area contributed by atoms with Crippen LogP contribution in [0.5, 0.6) is 0 Å². The maximum atomic E-state index is 2.49. The van der Waals surface area contributed by atoms with Crippen molar-refractivity contribution in [3.8, 4) is 28.2 Å². The van der Waals surface area contributed by atoms with E-state index in [1.165, 1.54) is 98.9 Å². The van der Waals surface area contributed by atoms with Crippen LogP contribution in [-0.2, 0) is 0 Å². The number of nitrogens with zero attached hydrogens (tertiary/aromatic N) is 4. The first kappa shape index (κ1) is 39.6. The van der Waals surface area contributed by atoms with Gasteiger partial charge >= 0.3 is 0 Å². The van der Waals surface area contributed by atoms with Gasteiger partial charge in [-0.3, -0.25) is 0 Å². The minimum atomic E-state index is 0.0495. The van der Waals surface area contributed by atoms with Crippen LogP contribution in [0.15, 0.2) is 261 Å². The molecule has 0 aliphatic heterocycles. The van der Waals surface area contributed by atoms with Crippen LogP contribution in [0.2, 0.25) is 0 Å². The summed E-state index contributed by atoms with van der Waals surface area (Å²) in [6, 6.07) is 95.8. The van der Waals surface area contributed by atoms with Crippen molar-refractivity contribution in [2.75, 3.05) is 4.90 Å². The Morgan fingerprint density at radius 3 is 1.21 bits per heavy atom. The van der Waals surface area contributed by atoms with Gasteiger partial charge in [0.25, 0.3) is 0 Å². The molecule has 1 aliphatic carbocycles. The maximum absolute atomic E-state index is 2.49. The average Bonchev–Trinajstić information content (AvgIpc) is 4.18. The molecule has 3 heterocycles. The summed E-state index contributed by atoms with van der Waals surface area (Å²) >= 11 is 0. The van der Waals surface area contributed by atoms with E-state index in [9.17, 15) is 0 Å². The number of fused-ring (bicyclic) bond motifs is 14. The van der Waals surface area contributed by atoms with Crippen molar-refractivity contribution in [3.63, 3.8) is 0 Å². The summed E-state index contributed by atoms with van der Waals surface area (Å²) in [5.41, 5.74) is 20.6. The van der Waals surface area contributed by atoms with Gasteiger partial charge < -0.3 is 18.6 Å². The molecular weight excluding hydrogens is 861 g/mol. The first-order chi connectivity index (χ1) is 35.3. The molecule has 1 atom stereocenters. The smallest absolute Gasteiger partial charge is 0.0788 e. The van der Waals surface area contributed by atoms with E-state index in [2.05, 4.69) is 279 Å². The third-order valence-electron chi connectivity index (χ3n) is 15.1. The molecule has 0 saturated heterocycles. The minimum Gasteiger partial charge on any atom is -0.311 e. The van der Waals surface area contributed by atoms with E-state index in [4.69, 9.17) is 0 Å². The van der Waals surface area contributed by atoms with Gasteiger partial charge in [-0.1, -0.05) is 170 Å².